The van der Waals surface area contributed by atoms with Crippen LogP contribution in [0.5, 0.6) is 5.75 Å². The lowest BCUT2D eigenvalue weighted by molar-refractivity contribution is 0.414. The molecule has 0 unspecified atom stereocenters. The maximum Gasteiger partial charge on any atom is 0.162 e. The molecule has 1 heterocycles. The van der Waals surface area contributed by atoms with Gasteiger partial charge in [0.25, 0.3) is 0 Å². The van der Waals surface area contributed by atoms with Gasteiger partial charge >= 0.3 is 0 Å². The molecule has 2 N–H and O–H groups in total. The van der Waals surface area contributed by atoms with E-state index in [-0.39, 0.29) is 0 Å². The summed E-state index contributed by atoms with van der Waals surface area (Å²) in [4.78, 5) is 9.12. The van der Waals surface area contributed by atoms with E-state index in [0.29, 0.717) is 6.54 Å². The number of benzene rings is 2. The van der Waals surface area contributed by atoms with Crippen molar-refractivity contribution < 1.29 is 4.74 Å². The van der Waals surface area contributed by atoms with Gasteiger partial charge in [0, 0.05) is 6.54 Å². The molecular formula is C17H18N4O. The number of ether oxygens (including phenoxy) is 1. The first-order chi connectivity index (χ1) is 10.8. The number of rotatable bonds is 5. The topological polar surface area (TPSA) is 59.1 Å². The lowest BCUT2D eigenvalue weighted by atomic mass is 10.2. The van der Waals surface area contributed by atoms with E-state index in [0.717, 1.165) is 33.9 Å². The van der Waals surface area contributed by atoms with Crippen LogP contribution in [0.3, 0.4) is 0 Å². The van der Waals surface area contributed by atoms with Gasteiger partial charge in [-0.2, -0.15) is 0 Å². The summed E-state index contributed by atoms with van der Waals surface area (Å²) in [5, 5.41) is 0. The van der Waals surface area contributed by atoms with Gasteiger partial charge in [-0.1, -0.05) is 24.3 Å². The maximum atomic E-state index is 5.15. The van der Waals surface area contributed by atoms with Crippen molar-refractivity contribution in [3.05, 3.63) is 59.8 Å². The van der Waals surface area contributed by atoms with Gasteiger partial charge < -0.3 is 10.2 Å². The maximum absolute atomic E-state index is 5.15. The standard InChI is InChI=1S/C17H18N4O/c1-12-17(20-16-6-4-3-5-15(16)19-12)21-18-11-13-7-9-14(22-2)10-8-13/h3-10,18H,11H2,1-2H3,(H,20,21). The summed E-state index contributed by atoms with van der Waals surface area (Å²) in [5.41, 5.74) is 10.1. The summed E-state index contributed by atoms with van der Waals surface area (Å²) < 4.78 is 5.15. The van der Waals surface area contributed by atoms with Crippen molar-refractivity contribution in [2.45, 2.75) is 13.5 Å². The molecule has 0 saturated carbocycles. The molecule has 0 aliphatic heterocycles. The Labute approximate surface area is 129 Å². The van der Waals surface area contributed by atoms with Crippen LogP contribution < -0.4 is 15.6 Å². The highest BCUT2D eigenvalue weighted by Gasteiger charge is 2.04. The van der Waals surface area contributed by atoms with Crippen molar-refractivity contribution in [1.82, 2.24) is 15.4 Å². The monoisotopic (exact) mass is 294 g/mol. The van der Waals surface area contributed by atoms with E-state index < -0.39 is 0 Å². The molecule has 0 radical (unpaired) electrons. The lowest BCUT2D eigenvalue weighted by Crippen LogP contribution is -2.22. The van der Waals surface area contributed by atoms with Crippen molar-refractivity contribution in [2.75, 3.05) is 12.5 Å². The van der Waals surface area contributed by atoms with E-state index in [9.17, 15) is 0 Å². The van der Waals surface area contributed by atoms with Gasteiger partial charge in [-0.25, -0.2) is 15.4 Å². The van der Waals surface area contributed by atoms with Crippen LogP contribution in [-0.2, 0) is 6.54 Å². The fraction of sp³-hybridized carbons (Fsp3) is 0.176. The number of hydrogen-bond donors (Lipinski definition) is 2. The highest BCUT2D eigenvalue weighted by atomic mass is 16.5. The quantitative estimate of drug-likeness (QED) is 0.708. The Kier molecular flexibility index (Phi) is 4.16. The molecule has 0 bridgehead atoms. The molecule has 0 spiro atoms. The highest BCUT2D eigenvalue weighted by molar-refractivity contribution is 5.76. The molecule has 3 rings (SSSR count). The van der Waals surface area contributed by atoms with Gasteiger partial charge in [0.15, 0.2) is 5.82 Å². The molecule has 5 heteroatoms. The molecule has 112 valence electrons. The van der Waals surface area contributed by atoms with E-state index in [1.807, 2.05) is 55.5 Å². The van der Waals surface area contributed by atoms with Crippen molar-refractivity contribution >= 4 is 16.9 Å². The number of nitrogens with zero attached hydrogens (tertiary/aromatic N) is 2. The number of hydrazine groups is 1. The second-order valence-corrected chi connectivity index (χ2v) is 4.97. The molecular weight excluding hydrogens is 276 g/mol. The van der Waals surface area contributed by atoms with Crippen LogP contribution in [0.15, 0.2) is 48.5 Å². The van der Waals surface area contributed by atoms with E-state index in [4.69, 9.17) is 4.74 Å². The van der Waals surface area contributed by atoms with Crippen LogP contribution in [0.1, 0.15) is 11.3 Å². The molecule has 0 fully saturated rings. The minimum absolute atomic E-state index is 0.679. The molecule has 1 aromatic heterocycles. The Bertz CT molecular complexity index is 771. The predicted octanol–water partition coefficient (Wildman–Crippen LogP) is 3.06. The van der Waals surface area contributed by atoms with Gasteiger partial charge in [-0.05, 0) is 36.8 Å². The zero-order valence-corrected chi connectivity index (χ0v) is 12.6. The number of para-hydroxylation sites is 2. The molecule has 3 aromatic rings. The normalized spacial score (nSPS) is 10.6. The Balaban J connectivity index is 1.66. The summed E-state index contributed by atoms with van der Waals surface area (Å²) in [6.45, 7) is 2.62. The van der Waals surface area contributed by atoms with Gasteiger partial charge in [0.1, 0.15) is 5.75 Å². The van der Waals surface area contributed by atoms with E-state index in [2.05, 4.69) is 20.8 Å². The average molecular weight is 294 g/mol. The Morgan fingerprint density at radius 2 is 1.64 bits per heavy atom. The average Bonchev–Trinajstić information content (AvgIpc) is 2.56. The fourth-order valence-corrected chi connectivity index (χ4v) is 2.18. The molecule has 0 saturated heterocycles. The summed E-state index contributed by atoms with van der Waals surface area (Å²) in [6.07, 6.45) is 0. The zero-order chi connectivity index (χ0) is 15.4. The highest BCUT2D eigenvalue weighted by Crippen LogP contribution is 2.15. The largest absolute Gasteiger partial charge is 0.497 e. The zero-order valence-electron chi connectivity index (χ0n) is 12.6. The van der Waals surface area contributed by atoms with Gasteiger partial charge in [0.2, 0.25) is 0 Å². The Morgan fingerprint density at radius 3 is 2.32 bits per heavy atom. The Hall–Kier alpha value is -2.66. The molecule has 0 aliphatic carbocycles. The van der Waals surface area contributed by atoms with E-state index in [1.54, 1.807) is 7.11 Å². The summed E-state index contributed by atoms with van der Waals surface area (Å²) in [5.74, 6) is 1.60. The number of hydrogen-bond acceptors (Lipinski definition) is 5. The third-order valence-corrected chi connectivity index (χ3v) is 3.40. The molecule has 22 heavy (non-hydrogen) atoms. The smallest absolute Gasteiger partial charge is 0.162 e. The van der Waals surface area contributed by atoms with Gasteiger partial charge in [0.05, 0.1) is 23.8 Å². The number of methoxy groups -OCH3 is 1. The summed E-state index contributed by atoms with van der Waals surface area (Å²) >= 11 is 0. The van der Waals surface area contributed by atoms with E-state index in [1.165, 1.54) is 0 Å². The van der Waals surface area contributed by atoms with Crippen LogP contribution in [0, 0.1) is 6.92 Å². The first kappa shape index (κ1) is 14.3. The van der Waals surface area contributed by atoms with E-state index >= 15 is 0 Å². The predicted molar refractivity (Wildman–Crippen MR) is 87.7 cm³/mol. The van der Waals surface area contributed by atoms with Crippen LogP contribution >= 0.6 is 0 Å². The Morgan fingerprint density at radius 1 is 0.955 bits per heavy atom. The van der Waals surface area contributed by atoms with Crippen LogP contribution in [0.2, 0.25) is 0 Å². The third-order valence-electron chi connectivity index (χ3n) is 3.40. The number of aromatic nitrogens is 2. The fourth-order valence-electron chi connectivity index (χ4n) is 2.18. The van der Waals surface area contributed by atoms with Gasteiger partial charge in [-0.15, -0.1) is 0 Å². The van der Waals surface area contributed by atoms with Crippen LogP contribution in [0.25, 0.3) is 11.0 Å². The SMILES string of the molecule is COc1ccc(CNNc2nc3ccccc3nc2C)cc1. The van der Waals surface area contributed by atoms with Crippen molar-refractivity contribution in [2.24, 2.45) is 0 Å². The summed E-state index contributed by atoms with van der Waals surface area (Å²) in [6, 6.07) is 15.8. The van der Waals surface area contributed by atoms with Crippen LogP contribution in [0.4, 0.5) is 5.82 Å². The second kappa shape index (κ2) is 6.41. The number of nitrogens with one attached hydrogen (secondary N) is 2. The molecule has 5 nitrogen and oxygen atoms in total. The minimum atomic E-state index is 0.679. The number of fused-ring (bicyclic) bond motifs is 1. The summed E-state index contributed by atoms with van der Waals surface area (Å²) in [7, 11) is 1.66. The van der Waals surface area contributed by atoms with Crippen molar-refractivity contribution in [3.8, 4) is 5.75 Å². The van der Waals surface area contributed by atoms with Crippen LogP contribution in [-0.4, -0.2) is 17.1 Å². The molecule has 2 aromatic carbocycles. The van der Waals surface area contributed by atoms with Crippen molar-refractivity contribution in [3.63, 3.8) is 0 Å². The minimum Gasteiger partial charge on any atom is -0.497 e. The molecule has 0 aliphatic rings. The first-order valence-electron chi connectivity index (χ1n) is 7.11. The molecule has 0 amide bonds. The lowest BCUT2D eigenvalue weighted by Gasteiger charge is -2.11. The first-order valence-corrected chi connectivity index (χ1v) is 7.11. The molecule has 0 atom stereocenters. The number of anilines is 1. The number of aryl methyl sites for hydroxylation is 1. The van der Waals surface area contributed by atoms with Crippen molar-refractivity contribution in [1.29, 1.82) is 0 Å². The van der Waals surface area contributed by atoms with Gasteiger partial charge in [-0.3, -0.25) is 0 Å². The third kappa shape index (κ3) is 3.15. The second-order valence-electron chi connectivity index (χ2n) is 4.97.